The largest absolute Gasteiger partial charge is 0.466 e. The number of hydrogen-bond donors (Lipinski definition) is 2. The van der Waals surface area contributed by atoms with Crippen LogP contribution in [-0.4, -0.2) is 43.2 Å². The third-order valence-corrected chi connectivity index (χ3v) is 5.02. The Morgan fingerprint density at radius 2 is 1.91 bits per heavy atom. The highest BCUT2D eigenvalue weighted by Crippen LogP contribution is 2.15. The van der Waals surface area contributed by atoms with Crippen LogP contribution in [0.15, 0.2) is 0 Å². The summed E-state index contributed by atoms with van der Waals surface area (Å²) in [6, 6.07) is 1.97. The Balaban J connectivity index is 2.56. The molecule has 1 saturated heterocycles. The summed E-state index contributed by atoms with van der Waals surface area (Å²) in [5.74, 6) is -0.241. The summed E-state index contributed by atoms with van der Waals surface area (Å²) in [5, 5.41) is 12.2. The van der Waals surface area contributed by atoms with E-state index >= 15 is 0 Å². The van der Waals surface area contributed by atoms with E-state index in [1.54, 1.807) is 6.92 Å². The lowest BCUT2D eigenvalue weighted by molar-refractivity contribution is -0.919. The van der Waals surface area contributed by atoms with Crippen LogP contribution in [0.25, 0.3) is 0 Å². The molecule has 0 radical (unpaired) electrons. The van der Waals surface area contributed by atoms with Gasteiger partial charge in [-0.15, -0.1) is 0 Å². The molecular weight excluding hydrogens is 294 g/mol. The zero-order valence-electron chi connectivity index (χ0n) is 14.9. The molecule has 0 aromatic rings. The van der Waals surface area contributed by atoms with Gasteiger partial charge in [0.2, 0.25) is 0 Å². The Morgan fingerprint density at radius 1 is 1.35 bits per heavy atom. The second-order valence-electron chi connectivity index (χ2n) is 6.86. The number of carbonyl (C=O) groups is 2. The number of quaternary nitrogens is 1. The summed E-state index contributed by atoms with van der Waals surface area (Å²) in [6.45, 7) is 11.2. The molecule has 0 aromatic heterocycles. The molecule has 6 nitrogen and oxygen atoms in total. The number of nitrogens with one attached hydrogen (secondary N) is 2. The molecule has 23 heavy (non-hydrogen) atoms. The van der Waals surface area contributed by atoms with Gasteiger partial charge in [-0.05, 0) is 26.7 Å². The van der Waals surface area contributed by atoms with Crippen LogP contribution < -0.4 is 10.2 Å². The maximum atomic E-state index is 12.5. The molecule has 2 N–H and O–H groups in total. The predicted molar refractivity (Wildman–Crippen MR) is 86.5 cm³/mol. The standard InChI is InChI=1S/C17H29N3O3/c1-6-23-16(22)14-7-9-20(10-8-14)13(4)15(21)19-17(5,11-18)12(2)3/h12-14H,6-10H2,1-5H3,(H,19,21)/p+1/t13-,17+/m0/s1. The van der Waals surface area contributed by atoms with E-state index in [2.05, 4.69) is 11.4 Å². The fourth-order valence-electron chi connectivity index (χ4n) is 2.77. The fraction of sp³-hybridized carbons (Fsp3) is 0.824. The zero-order chi connectivity index (χ0) is 17.6. The van der Waals surface area contributed by atoms with Gasteiger partial charge < -0.3 is 15.0 Å². The summed E-state index contributed by atoms with van der Waals surface area (Å²) in [4.78, 5) is 25.4. The van der Waals surface area contributed by atoms with Gasteiger partial charge in [-0.3, -0.25) is 9.59 Å². The summed E-state index contributed by atoms with van der Waals surface area (Å²) < 4.78 is 5.07. The number of esters is 1. The molecule has 0 bridgehead atoms. The van der Waals surface area contributed by atoms with Crippen molar-refractivity contribution in [2.45, 2.75) is 59.0 Å². The first-order chi connectivity index (χ1) is 10.7. The molecule has 130 valence electrons. The molecule has 0 spiro atoms. The van der Waals surface area contributed by atoms with Crippen LogP contribution in [0.2, 0.25) is 0 Å². The molecule has 1 amide bonds. The van der Waals surface area contributed by atoms with Crippen LogP contribution in [0.1, 0.15) is 47.5 Å². The van der Waals surface area contributed by atoms with Crippen molar-refractivity contribution in [1.82, 2.24) is 5.32 Å². The van der Waals surface area contributed by atoms with Crippen LogP contribution in [0.4, 0.5) is 0 Å². The average Bonchev–Trinajstić information content (AvgIpc) is 2.54. The number of likely N-dealkylation sites (tertiary alicyclic amines) is 1. The van der Waals surface area contributed by atoms with Gasteiger partial charge in [0.25, 0.3) is 5.91 Å². The highest BCUT2D eigenvalue weighted by atomic mass is 16.5. The third-order valence-electron chi connectivity index (χ3n) is 5.02. The molecule has 0 saturated carbocycles. The Bertz CT molecular complexity index is 464. The van der Waals surface area contributed by atoms with E-state index in [1.165, 1.54) is 0 Å². The van der Waals surface area contributed by atoms with E-state index in [4.69, 9.17) is 4.74 Å². The number of hydrogen-bond acceptors (Lipinski definition) is 4. The quantitative estimate of drug-likeness (QED) is 0.688. The maximum absolute atomic E-state index is 12.5. The van der Waals surface area contributed by atoms with Gasteiger partial charge in [-0.1, -0.05) is 13.8 Å². The Kier molecular flexibility index (Phi) is 7.01. The van der Waals surface area contributed by atoms with E-state index in [9.17, 15) is 14.9 Å². The summed E-state index contributed by atoms with van der Waals surface area (Å²) in [6.07, 6.45) is 1.48. The average molecular weight is 324 g/mol. The lowest BCUT2D eigenvalue weighted by atomic mass is 9.89. The number of nitriles is 1. The van der Waals surface area contributed by atoms with Gasteiger partial charge in [0.15, 0.2) is 6.04 Å². The van der Waals surface area contributed by atoms with Gasteiger partial charge in [-0.25, -0.2) is 0 Å². The maximum Gasteiger partial charge on any atom is 0.309 e. The van der Waals surface area contributed by atoms with Crippen LogP contribution in [0.3, 0.4) is 0 Å². The summed E-state index contributed by atoms with van der Waals surface area (Å²) in [5.41, 5.74) is -0.853. The normalized spacial score (nSPS) is 25.1. The van der Waals surface area contributed by atoms with E-state index in [-0.39, 0.29) is 29.8 Å². The summed E-state index contributed by atoms with van der Waals surface area (Å²) in [7, 11) is 0. The first-order valence-corrected chi connectivity index (χ1v) is 8.49. The van der Waals surface area contributed by atoms with E-state index < -0.39 is 5.54 Å². The topological polar surface area (TPSA) is 83.6 Å². The SMILES string of the molecule is CCOC(=O)C1CC[NH+]([C@@H](C)C(=O)N[C@](C)(C#N)C(C)C)CC1. The summed E-state index contributed by atoms with van der Waals surface area (Å²) >= 11 is 0. The first kappa shape index (κ1) is 19.4. The molecule has 0 aliphatic carbocycles. The van der Waals surface area contributed by atoms with Crippen molar-refractivity contribution >= 4 is 11.9 Å². The van der Waals surface area contributed by atoms with Gasteiger partial charge in [-0.2, -0.15) is 5.26 Å². The van der Waals surface area contributed by atoms with Crippen molar-refractivity contribution in [2.24, 2.45) is 11.8 Å². The minimum Gasteiger partial charge on any atom is -0.466 e. The van der Waals surface area contributed by atoms with Crippen molar-refractivity contribution in [2.75, 3.05) is 19.7 Å². The highest BCUT2D eigenvalue weighted by Gasteiger charge is 2.37. The van der Waals surface area contributed by atoms with Crippen LogP contribution >= 0.6 is 0 Å². The second kappa shape index (κ2) is 8.30. The predicted octanol–water partition coefficient (Wildman–Crippen LogP) is 0.287. The molecule has 1 aliphatic heterocycles. The first-order valence-electron chi connectivity index (χ1n) is 8.49. The van der Waals surface area contributed by atoms with Crippen LogP contribution in [-0.2, 0) is 14.3 Å². The molecular formula is C17H30N3O3+. The molecule has 0 unspecified atom stereocenters. The molecule has 0 aromatic carbocycles. The van der Waals surface area contributed by atoms with Crippen molar-refractivity contribution in [1.29, 1.82) is 5.26 Å². The lowest BCUT2D eigenvalue weighted by Gasteiger charge is -2.34. The number of carbonyl (C=O) groups excluding carboxylic acids is 2. The number of nitrogens with zero attached hydrogens (tertiary/aromatic N) is 1. The van der Waals surface area contributed by atoms with Crippen molar-refractivity contribution in [3.8, 4) is 6.07 Å². The van der Waals surface area contributed by atoms with Crippen LogP contribution in [0.5, 0.6) is 0 Å². The minimum atomic E-state index is -0.853. The third kappa shape index (κ3) is 4.93. The van der Waals surface area contributed by atoms with Gasteiger partial charge in [0.05, 0.1) is 31.7 Å². The molecule has 1 heterocycles. The lowest BCUT2D eigenvalue weighted by Crippen LogP contribution is -3.17. The highest BCUT2D eigenvalue weighted by molar-refractivity contribution is 5.81. The smallest absolute Gasteiger partial charge is 0.309 e. The Labute approximate surface area is 139 Å². The fourth-order valence-corrected chi connectivity index (χ4v) is 2.77. The number of rotatable bonds is 6. The van der Waals surface area contributed by atoms with Crippen molar-refractivity contribution < 1.29 is 19.2 Å². The van der Waals surface area contributed by atoms with Gasteiger partial charge in [0, 0.05) is 12.8 Å². The van der Waals surface area contributed by atoms with E-state index in [0.717, 1.165) is 30.8 Å². The molecule has 1 aliphatic rings. The Hall–Kier alpha value is -1.61. The van der Waals surface area contributed by atoms with E-state index in [0.29, 0.717) is 6.61 Å². The second-order valence-corrected chi connectivity index (χ2v) is 6.86. The number of piperidine rings is 1. The minimum absolute atomic E-state index is 0.0354. The number of ether oxygens (including phenoxy) is 1. The van der Waals surface area contributed by atoms with Crippen LogP contribution in [0, 0.1) is 23.2 Å². The molecule has 1 fully saturated rings. The monoisotopic (exact) mass is 324 g/mol. The number of amides is 1. The molecule has 1 rings (SSSR count). The molecule has 2 atom stereocenters. The van der Waals surface area contributed by atoms with Crippen molar-refractivity contribution in [3.05, 3.63) is 0 Å². The Morgan fingerprint density at radius 3 is 2.35 bits per heavy atom. The van der Waals surface area contributed by atoms with Crippen molar-refractivity contribution in [3.63, 3.8) is 0 Å². The molecule has 6 heteroatoms. The zero-order valence-corrected chi connectivity index (χ0v) is 14.9. The van der Waals surface area contributed by atoms with Gasteiger partial charge >= 0.3 is 5.97 Å². The van der Waals surface area contributed by atoms with Gasteiger partial charge in [0.1, 0.15) is 5.54 Å². The van der Waals surface area contributed by atoms with E-state index in [1.807, 2.05) is 27.7 Å².